The number of carbonyl (C=O) groups excluding carboxylic acids is 1. The van der Waals surface area contributed by atoms with E-state index in [-0.39, 0.29) is 10.7 Å². The van der Waals surface area contributed by atoms with Crippen LogP contribution in [0.3, 0.4) is 0 Å². The molecule has 2 aromatic heterocycles. The molecule has 0 aliphatic rings. The van der Waals surface area contributed by atoms with Crippen molar-refractivity contribution < 1.29 is 17.6 Å². The third kappa shape index (κ3) is 3.05. The van der Waals surface area contributed by atoms with Crippen LogP contribution in [-0.4, -0.2) is 25.6 Å². The minimum absolute atomic E-state index is 0.219. The summed E-state index contributed by atoms with van der Waals surface area (Å²) < 4.78 is 30.2. The van der Waals surface area contributed by atoms with Gasteiger partial charge < -0.3 is 4.42 Å². The van der Waals surface area contributed by atoms with E-state index in [0.717, 1.165) is 28.0 Å². The Morgan fingerprint density at radius 1 is 1.07 bits per heavy atom. The Bertz CT molecular complexity index is 1580. The van der Waals surface area contributed by atoms with Gasteiger partial charge in [0.25, 0.3) is 5.91 Å². The largest absolute Gasteiger partial charge is 0.450 e. The predicted octanol–water partition coefficient (Wildman–Crippen LogP) is 5.16. The summed E-state index contributed by atoms with van der Waals surface area (Å²) >= 11 is 1.22. The highest BCUT2D eigenvalue weighted by Gasteiger charge is 2.20. The molecule has 0 fully saturated rings. The highest BCUT2D eigenvalue weighted by molar-refractivity contribution is 7.90. The monoisotopic (exact) mass is 436 g/mol. The fourth-order valence-electron chi connectivity index (χ4n) is 3.51. The molecular weight excluding hydrogens is 420 g/mol. The molecule has 2 heterocycles. The lowest BCUT2D eigenvalue weighted by atomic mass is 10.1. The first-order valence-electron chi connectivity index (χ1n) is 9.14. The second-order valence-electron chi connectivity index (χ2n) is 7.09. The average molecular weight is 437 g/mol. The van der Waals surface area contributed by atoms with Gasteiger partial charge in [0.1, 0.15) is 5.58 Å². The average Bonchev–Trinajstić information content (AvgIpc) is 3.27. The van der Waals surface area contributed by atoms with Crippen LogP contribution in [0.25, 0.3) is 32.0 Å². The van der Waals surface area contributed by atoms with Crippen molar-refractivity contribution in [3.63, 3.8) is 0 Å². The topological polar surface area (TPSA) is 89.3 Å². The zero-order valence-corrected chi connectivity index (χ0v) is 17.7. The molecule has 1 amide bonds. The van der Waals surface area contributed by atoms with Crippen LogP contribution in [0.15, 0.2) is 63.9 Å². The molecule has 0 radical (unpaired) electrons. The number of nitrogens with one attached hydrogen (secondary N) is 1. The number of carbonyl (C=O) groups is 1. The molecule has 0 saturated carbocycles. The number of aromatic nitrogens is 1. The minimum atomic E-state index is -3.31. The van der Waals surface area contributed by atoms with Crippen molar-refractivity contribution in [3.8, 4) is 0 Å². The third-order valence-electron chi connectivity index (χ3n) is 5.04. The third-order valence-corrected chi connectivity index (χ3v) is 7.09. The number of furan rings is 1. The van der Waals surface area contributed by atoms with E-state index in [1.165, 1.54) is 17.4 Å². The van der Waals surface area contributed by atoms with Crippen LogP contribution in [0.1, 0.15) is 16.1 Å². The molecule has 8 heteroatoms. The highest BCUT2D eigenvalue weighted by Crippen LogP contribution is 2.33. The van der Waals surface area contributed by atoms with Gasteiger partial charge >= 0.3 is 0 Å². The Hall–Kier alpha value is -3.23. The zero-order chi connectivity index (χ0) is 21.0. The molecule has 6 nitrogen and oxygen atoms in total. The summed E-state index contributed by atoms with van der Waals surface area (Å²) in [5.41, 5.74) is 2.06. The molecule has 0 saturated heterocycles. The van der Waals surface area contributed by atoms with E-state index >= 15 is 0 Å². The molecule has 5 aromatic rings. The van der Waals surface area contributed by atoms with E-state index in [1.54, 1.807) is 12.1 Å². The van der Waals surface area contributed by atoms with E-state index < -0.39 is 15.7 Å². The maximum atomic E-state index is 12.9. The smallest absolute Gasteiger partial charge is 0.293 e. The molecule has 3 aromatic carbocycles. The molecule has 0 atom stereocenters. The molecule has 1 N–H and O–H groups in total. The molecule has 0 unspecified atom stereocenters. The summed E-state index contributed by atoms with van der Waals surface area (Å²) in [7, 11) is -3.31. The Kier molecular flexibility index (Phi) is 4.16. The molecule has 5 rings (SSSR count). The lowest BCUT2D eigenvalue weighted by Crippen LogP contribution is -2.11. The summed E-state index contributed by atoms with van der Waals surface area (Å²) in [6.45, 7) is 1.85. The Balaban J connectivity index is 1.53. The normalized spacial score (nSPS) is 12.1. The number of amides is 1. The summed E-state index contributed by atoms with van der Waals surface area (Å²) in [6.07, 6.45) is 1.16. The van der Waals surface area contributed by atoms with Gasteiger partial charge in [-0.3, -0.25) is 10.1 Å². The Labute approximate surface area is 176 Å². The molecular formula is C22H16N2O4S2. The van der Waals surface area contributed by atoms with Crippen molar-refractivity contribution in [1.82, 2.24) is 4.98 Å². The van der Waals surface area contributed by atoms with Gasteiger partial charge in [-0.1, -0.05) is 47.7 Å². The maximum Gasteiger partial charge on any atom is 0.293 e. The van der Waals surface area contributed by atoms with Crippen molar-refractivity contribution >= 4 is 64.2 Å². The number of aryl methyl sites for hydroxylation is 1. The minimum Gasteiger partial charge on any atom is -0.450 e. The maximum absolute atomic E-state index is 12.9. The number of hydrogen-bond donors (Lipinski definition) is 1. The number of sulfone groups is 1. The summed E-state index contributed by atoms with van der Waals surface area (Å²) in [6, 6.07) is 16.5. The molecule has 0 aliphatic carbocycles. The lowest BCUT2D eigenvalue weighted by molar-refractivity contribution is 0.0998. The Morgan fingerprint density at radius 2 is 1.87 bits per heavy atom. The highest BCUT2D eigenvalue weighted by atomic mass is 32.2. The summed E-state index contributed by atoms with van der Waals surface area (Å²) in [5, 5.41) is 6.04. The standard InChI is InChI=1S/C22H16N2O4S2/c1-12-15-9-7-13-5-3-4-6-16(13)20(15)28-19(12)21(25)24-22-23-17-10-8-14(30(2,26)27)11-18(17)29-22/h3-11H,1-2H3,(H,23,24,25). The van der Waals surface area contributed by atoms with Crippen LogP contribution in [-0.2, 0) is 9.84 Å². The fraction of sp³-hybridized carbons (Fsp3) is 0.0909. The van der Waals surface area contributed by atoms with Crippen molar-refractivity contribution in [3.05, 3.63) is 65.9 Å². The summed E-state index contributed by atoms with van der Waals surface area (Å²) in [5.74, 6) is -0.160. The van der Waals surface area contributed by atoms with Crippen LogP contribution < -0.4 is 5.32 Å². The zero-order valence-electron chi connectivity index (χ0n) is 16.1. The van der Waals surface area contributed by atoms with Crippen LogP contribution >= 0.6 is 11.3 Å². The van der Waals surface area contributed by atoms with E-state index in [0.29, 0.717) is 20.9 Å². The van der Waals surface area contributed by atoms with Gasteiger partial charge in [-0.15, -0.1) is 0 Å². The molecule has 0 bridgehead atoms. The number of fused-ring (bicyclic) bond motifs is 4. The van der Waals surface area contributed by atoms with Crippen molar-refractivity contribution in [2.24, 2.45) is 0 Å². The van der Waals surface area contributed by atoms with E-state index in [1.807, 2.05) is 43.3 Å². The first kappa shape index (κ1) is 18.8. The van der Waals surface area contributed by atoms with E-state index in [9.17, 15) is 13.2 Å². The second-order valence-corrected chi connectivity index (χ2v) is 10.1. The number of anilines is 1. The van der Waals surface area contributed by atoms with Gasteiger partial charge in [0.05, 0.1) is 15.1 Å². The lowest BCUT2D eigenvalue weighted by Gasteiger charge is -1.98. The van der Waals surface area contributed by atoms with Gasteiger partial charge in [0, 0.05) is 22.6 Å². The number of thiazole rings is 1. The molecule has 0 aliphatic heterocycles. The number of nitrogens with zero attached hydrogens (tertiary/aromatic N) is 1. The molecule has 0 spiro atoms. The first-order chi connectivity index (χ1) is 14.3. The number of hydrogen-bond acceptors (Lipinski definition) is 6. The van der Waals surface area contributed by atoms with Gasteiger partial charge in [0.2, 0.25) is 0 Å². The fourth-order valence-corrected chi connectivity index (χ4v) is 5.13. The van der Waals surface area contributed by atoms with Crippen molar-refractivity contribution in [2.75, 3.05) is 11.6 Å². The van der Waals surface area contributed by atoms with Crippen LogP contribution in [0.2, 0.25) is 0 Å². The summed E-state index contributed by atoms with van der Waals surface area (Å²) in [4.78, 5) is 17.5. The Morgan fingerprint density at radius 3 is 2.67 bits per heavy atom. The van der Waals surface area contributed by atoms with Crippen LogP contribution in [0.5, 0.6) is 0 Å². The van der Waals surface area contributed by atoms with Crippen molar-refractivity contribution in [2.45, 2.75) is 11.8 Å². The number of rotatable bonds is 3. The van der Waals surface area contributed by atoms with Crippen LogP contribution in [0, 0.1) is 6.92 Å². The van der Waals surface area contributed by atoms with Crippen LogP contribution in [0.4, 0.5) is 5.13 Å². The molecule has 150 valence electrons. The predicted molar refractivity (Wildman–Crippen MR) is 119 cm³/mol. The van der Waals surface area contributed by atoms with E-state index in [2.05, 4.69) is 10.3 Å². The molecule has 30 heavy (non-hydrogen) atoms. The van der Waals surface area contributed by atoms with Crippen molar-refractivity contribution in [1.29, 1.82) is 0 Å². The van der Waals surface area contributed by atoms with Gasteiger partial charge in [-0.25, -0.2) is 13.4 Å². The SMILES string of the molecule is Cc1c(C(=O)Nc2nc3ccc(S(C)(=O)=O)cc3s2)oc2c1ccc1ccccc12. The van der Waals surface area contributed by atoms with Gasteiger partial charge in [0.15, 0.2) is 20.7 Å². The second kappa shape index (κ2) is 6.65. The quantitative estimate of drug-likeness (QED) is 0.422. The van der Waals surface area contributed by atoms with Gasteiger partial charge in [-0.05, 0) is 30.5 Å². The van der Waals surface area contributed by atoms with Gasteiger partial charge in [-0.2, -0.15) is 0 Å². The first-order valence-corrected chi connectivity index (χ1v) is 11.8. The van der Waals surface area contributed by atoms with E-state index in [4.69, 9.17) is 4.42 Å². The number of benzene rings is 3.